The zero-order valence-electron chi connectivity index (χ0n) is 19.5. The van der Waals surface area contributed by atoms with E-state index in [2.05, 4.69) is 35.5 Å². The molecule has 3 heterocycles. The minimum absolute atomic E-state index is 0.196. The minimum Gasteiger partial charge on any atom is -0.464 e. The van der Waals surface area contributed by atoms with Gasteiger partial charge in [-0.1, -0.05) is 50.2 Å². The molecule has 0 aliphatic heterocycles. The molecule has 4 aromatic rings. The number of nitrogens with zero attached hydrogens (tertiary/aromatic N) is 2. The van der Waals surface area contributed by atoms with Crippen molar-refractivity contribution >= 4 is 45.6 Å². The van der Waals surface area contributed by atoms with Gasteiger partial charge in [-0.05, 0) is 29.0 Å². The summed E-state index contributed by atoms with van der Waals surface area (Å²) in [4.78, 5) is 31.7. The molecule has 0 saturated carbocycles. The summed E-state index contributed by atoms with van der Waals surface area (Å²) in [6, 6.07) is 15.5. The van der Waals surface area contributed by atoms with Crippen LogP contribution in [-0.4, -0.2) is 28.5 Å². The summed E-state index contributed by atoms with van der Waals surface area (Å²) in [6.07, 6.45) is 1.95. The van der Waals surface area contributed by atoms with Gasteiger partial charge in [-0.3, -0.25) is 4.79 Å². The highest BCUT2D eigenvalue weighted by molar-refractivity contribution is 7.09. The quantitative estimate of drug-likeness (QED) is 0.319. The molecule has 0 unspecified atom stereocenters. The largest absolute Gasteiger partial charge is 0.464 e. The number of aromatic nitrogens is 2. The molecule has 0 radical (unpaired) electrons. The molecule has 0 aliphatic rings. The number of fused-ring (bicyclic) bond motifs is 1. The van der Waals surface area contributed by atoms with Gasteiger partial charge in [0, 0.05) is 23.4 Å². The van der Waals surface area contributed by atoms with Crippen molar-refractivity contribution < 1.29 is 14.3 Å². The molecule has 1 aromatic carbocycles. The molecule has 0 saturated heterocycles. The molecule has 0 fully saturated rings. The van der Waals surface area contributed by atoms with Gasteiger partial charge in [0.05, 0.1) is 31.1 Å². The molecular weight excluding hydrogens is 448 g/mol. The Balaban J connectivity index is 1.75. The number of carbonyl (C=O) groups is 2. The van der Waals surface area contributed by atoms with Gasteiger partial charge in [-0.25, -0.2) is 9.78 Å². The van der Waals surface area contributed by atoms with E-state index in [4.69, 9.17) is 4.74 Å². The first kappa shape index (κ1) is 23.5. The van der Waals surface area contributed by atoms with Crippen molar-refractivity contribution in [3.05, 3.63) is 76.2 Å². The molecule has 1 amide bonds. The SMILES string of the molecule is COC(=O)c1c(NC(=O)Cc2ccccc2)c2cc(NCc3cccs3)cnc2n1CC(C)C. The molecule has 7 nitrogen and oxygen atoms in total. The molecular formula is C26H28N4O3S. The zero-order valence-corrected chi connectivity index (χ0v) is 20.3. The predicted molar refractivity (Wildman–Crippen MR) is 136 cm³/mol. The summed E-state index contributed by atoms with van der Waals surface area (Å²) in [5.41, 5.74) is 3.05. The highest BCUT2D eigenvalue weighted by atomic mass is 32.1. The Morgan fingerprint density at radius 2 is 1.94 bits per heavy atom. The van der Waals surface area contributed by atoms with Crippen molar-refractivity contribution in [1.82, 2.24) is 9.55 Å². The van der Waals surface area contributed by atoms with Gasteiger partial charge in [-0.15, -0.1) is 11.3 Å². The molecule has 0 bridgehead atoms. The van der Waals surface area contributed by atoms with Crippen LogP contribution in [-0.2, 0) is 29.0 Å². The van der Waals surface area contributed by atoms with E-state index in [1.807, 2.05) is 52.4 Å². The van der Waals surface area contributed by atoms with E-state index < -0.39 is 5.97 Å². The second kappa shape index (κ2) is 10.5. The number of benzene rings is 1. The fourth-order valence-electron chi connectivity index (χ4n) is 3.87. The molecule has 3 aromatic heterocycles. The molecule has 0 aliphatic carbocycles. The topological polar surface area (TPSA) is 85.2 Å². The number of carbonyl (C=O) groups excluding carboxylic acids is 2. The maximum atomic E-state index is 13.0. The fourth-order valence-corrected chi connectivity index (χ4v) is 4.51. The highest BCUT2D eigenvalue weighted by Crippen LogP contribution is 2.33. The lowest BCUT2D eigenvalue weighted by Gasteiger charge is -2.12. The van der Waals surface area contributed by atoms with Crippen LogP contribution in [0.25, 0.3) is 11.0 Å². The Bertz CT molecular complexity index is 1280. The highest BCUT2D eigenvalue weighted by Gasteiger charge is 2.26. The van der Waals surface area contributed by atoms with Crippen LogP contribution >= 0.6 is 11.3 Å². The summed E-state index contributed by atoms with van der Waals surface area (Å²) in [5.74, 6) is -0.469. The maximum Gasteiger partial charge on any atom is 0.356 e. The second-order valence-corrected chi connectivity index (χ2v) is 9.49. The van der Waals surface area contributed by atoms with Crippen molar-refractivity contribution in [2.24, 2.45) is 5.92 Å². The number of nitrogens with one attached hydrogen (secondary N) is 2. The number of pyridine rings is 1. The number of thiophene rings is 1. The van der Waals surface area contributed by atoms with Crippen LogP contribution in [0.5, 0.6) is 0 Å². The van der Waals surface area contributed by atoms with E-state index in [1.54, 1.807) is 17.5 Å². The average Bonchev–Trinajstić information content (AvgIpc) is 3.44. The van der Waals surface area contributed by atoms with E-state index in [1.165, 1.54) is 12.0 Å². The third kappa shape index (κ3) is 5.28. The number of rotatable bonds is 9. The lowest BCUT2D eigenvalue weighted by atomic mass is 10.1. The summed E-state index contributed by atoms with van der Waals surface area (Å²) < 4.78 is 6.94. The van der Waals surface area contributed by atoms with Crippen molar-refractivity contribution in [3.8, 4) is 0 Å². The van der Waals surface area contributed by atoms with E-state index in [-0.39, 0.29) is 18.2 Å². The van der Waals surface area contributed by atoms with Crippen LogP contribution < -0.4 is 10.6 Å². The number of amides is 1. The van der Waals surface area contributed by atoms with E-state index in [0.717, 1.165) is 11.3 Å². The van der Waals surface area contributed by atoms with Gasteiger partial charge >= 0.3 is 5.97 Å². The van der Waals surface area contributed by atoms with E-state index in [0.29, 0.717) is 35.5 Å². The number of hydrogen-bond donors (Lipinski definition) is 2. The van der Waals surface area contributed by atoms with Gasteiger partial charge in [0.2, 0.25) is 5.91 Å². The lowest BCUT2D eigenvalue weighted by molar-refractivity contribution is -0.115. The first-order valence-corrected chi connectivity index (χ1v) is 12.0. The average molecular weight is 477 g/mol. The molecule has 4 rings (SSSR count). The van der Waals surface area contributed by atoms with Gasteiger partial charge < -0.3 is 19.9 Å². The monoisotopic (exact) mass is 476 g/mol. The molecule has 176 valence electrons. The lowest BCUT2D eigenvalue weighted by Crippen LogP contribution is -2.19. The van der Waals surface area contributed by atoms with Crippen LogP contribution in [0.1, 0.15) is 34.8 Å². The molecule has 2 N–H and O–H groups in total. The van der Waals surface area contributed by atoms with Crippen LogP contribution in [0.4, 0.5) is 11.4 Å². The Labute approximate surface area is 202 Å². The van der Waals surface area contributed by atoms with Crippen molar-refractivity contribution in [1.29, 1.82) is 0 Å². The third-order valence-electron chi connectivity index (χ3n) is 5.34. The second-order valence-electron chi connectivity index (χ2n) is 8.46. The molecule has 34 heavy (non-hydrogen) atoms. The molecule has 0 atom stereocenters. The number of hydrogen-bond acceptors (Lipinski definition) is 6. The van der Waals surface area contributed by atoms with E-state index >= 15 is 0 Å². The normalized spacial score (nSPS) is 11.1. The predicted octanol–water partition coefficient (Wildman–Crippen LogP) is 5.33. The Kier molecular flexibility index (Phi) is 7.27. The molecule has 0 spiro atoms. The van der Waals surface area contributed by atoms with Crippen LogP contribution in [0.15, 0.2) is 60.1 Å². The number of esters is 1. The first-order valence-electron chi connectivity index (χ1n) is 11.2. The van der Waals surface area contributed by atoms with E-state index in [9.17, 15) is 9.59 Å². The zero-order chi connectivity index (χ0) is 24.1. The Hall–Kier alpha value is -3.65. The number of anilines is 2. The standard InChI is InChI=1S/C26H28N4O3S/c1-17(2)16-30-24(26(32)33-3)23(29-22(31)12-18-8-5-4-6-9-18)21-13-19(14-28-25(21)30)27-15-20-10-7-11-34-20/h4-11,13-14,17,27H,12,15-16H2,1-3H3,(H,29,31). The first-order chi connectivity index (χ1) is 16.5. The van der Waals surface area contributed by atoms with Crippen LogP contribution in [0.3, 0.4) is 0 Å². The third-order valence-corrected chi connectivity index (χ3v) is 6.22. The van der Waals surface area contributed by atoms with Gasteiger partial charge in [0.25, 0.3) is 0 Å². The van der Waals surface area contributed by atoms with Gasteiger partial charge in [-0.2, -0.15) is 0 Å². The Morgan fingerprint density at radius 1 is 1.15 bits per heavy atom. The smallest absolute Gasteiger partial charge is 0.356 e. The summed E-state index contributed by atoms with van der Waals surface area (Å²) in [7, 11) is 1.34. The van der Waals surface area contributed by atoms with Crippen LogP contribution in [0, 0.1) is 5.92 Å². The van der Waals surface area contributed by atoms with Gasteiger partial charge in [0.1, 0.15) is 5.65 Å². The summed E-state index contributed by atoms with van der Waals surface area (Å²) in [5, 5.41) is 9.09. The van der Waals surface area contributed by atoms with Crippen molar-refractivity contribution in [2.75, 3.05) is 17.7 Å². The van der Waals surface area contributed by atoms with Gasteiger partial charge in [0.15, 0.2) is 5.69 Å². The fraction of sp³-hybridized carbons (Fsp3) is 0.269. The summed E-state index contributed by atoms with van der Waals surface area (Å²) >= 11 is 1.67. The van der Waals surface area contributed by atoms with Crippen LogP contribution in [0.2, 0.25) is 0 Å². The van der Waals surface area contributed by atoms with Crippen molar-refractivity contribution in [3.63, 3.8) is 0 Å². The maximum absolute atomic E-state index is 13.0. The molecule has 8 heteroatoms. The Morgan fingerprint density at radius 3 is 2.62 bits per heavy atom. The number of ether oxygens (including phenoxy) is 1. The van der Waals surface area contributed by atoms with Crippen molar-refractivity contribution in [2.45, 2.75) is 33.4 Å². The summed E-state index contributed by atoms with van der Waals surface area (Å²) in [6.45, 7) is 5.36. The number of methoxy groups -OCH3 is 1. The minimum atomic E-state index is -0.512.